The first-order chi connectivity index (χ1) is 13.0. The van der Waals surface area contributed by atoms with Crippen molar-refractivity contribution in [2.75, 3.05) is 26.2 Å². The van der Waals surface area contributed by atoms with Crippen molar-refractivity contribution in [2.45, 2.75) is 53.1 Å². The minimum Gasteiger partial charge on any atom is -0.342 e. The van der Waals surface area contributed by atoms with Crippen LogP contribution in [-0.2, 0) is 11.5 Å². The molecule has 2 saturated heterocycles. The normalized spacial score (nSPS) is 22.5. The van der Waals surface area contributed by atoms with Crippen molar-refractivity contribution in [3.63, 3.8) is 0 Å². The molecular weight excluding hydrogens is 336 g/mol. The van der Waals surface area contributed by atoms with Crippen molar-refractivity contribution in [3.8, 4) is 0 Å². The van der Waals surface area contributed by atoms with Gasteiger partial charge in [-0.3, -0.25) is 9.69 Å². The highest BCUT2D eigenvalue weighted by atomic mass is 16.2. The Morgan fingerprint density at radius 1 is 1.11 bits per heavy atom. The molecule has 1 amide bonds. The molecule has 4 rings (SSSR count). The van der Waals surface area contributed by atoms with Crippen LogP contribution in [0.15, 0.2) is 18.5 Å². The Hall–Kier alpha value is -1.88. The molecule has 1 atom stereocenters. The number of nitrogens with zero attached hydrogens (tertiary/aromatic N) is 4. The highest BCUT2D eigenvalue weighted by Crippen LogP contribution is 2.25. The van der Waals surface area contributed by atoms with Gasteiger partial charge < -0.3 is 9.47 Å². The molecule has 0 saturated carbocycles. The Morgan fingerprint density at radius 2 is 1.85 bits per heavy atom. The molecule has 2 aromatic rings. The van der Waals surface area contributed by atoms with Crippen LogP contribution in [0.3, 0.4) is 0 Å². The number of piperidine rings is 2. The number of benzene rings is 1. The van der Waals surface area contributed by atoms with Gasteiger partial charge in [-0.25, -0.2) is 4.98 Å². The number of aryl methyl sites for hydroxylation is 2. The summed E-state index contributed by atoms with van der Waals surface area (Å²) in [7, 11) is 0. The van der Waals surface area contributed by atoms with E-state index in [1.165, 1.54) is 29.5 Å². The van der Waals surface area contributed by atoms with E-state index in [0.717, 1.165) is 51.2 Å². The molecule has 3 heterocycles. The van der Waals surface area contributed by atoms with Crippen LogP contribution in [-0.4, -0.2) is 51.4 Å². The number of imidazole rings is 1. The molecule has 1 aromatic heterocycles. The number of fused-ring (bicyclic) bond motifs is 1. The quantitative estimate of drug-likeness (QED) is 0.831. The van der Waals surface area contributed by atoms with Crippen molar-refractivity contribution in [1.29, 1.82) is 0 Å². The molecule has 2 aliphatic heterocycles. The summed E-state index contributed by atoms with van der Waals surface area (Å²) in [6.45, 7) is 11.3. The molecule has 2 aliphatic rings. The Labute approximate surface area is 162 Å². The van der Waals surface area contributed by atoms with Crippen molar-refractivity contribution in [3.05, 3.63) is 29.6 Å². The second kappa shape index (κ2) is 7.63. The van der Waals surface area contributed by atoms with Gasteiger partial charge in [0.05, 0.1) is 24.0 Å². The SMILES string of the molecule is Cc1cc2ncn(CN3CCC(C(=O)N4CCCC(C)C4)CC3)c2cc1C. The van der Waals surface area contributed by atoms with Gasteiger partial charge in [0.15, 0.2) is 0 Å². The first kappa shape index (κ1) is 18.5. The summed E-state index contributed by atoms with van der Waals surface area (Å²) >= 11 is 0. The molecule has 1 unspecified atom stereocenters. The largest absolute Gasteiger partial charge is 0.342 e. The van der Waals surface area contributed by atoms with E-state index in [0.29, 0.717) is 11.8 Å². The van der Waals surface area contributed by atoms with E-state index < -0.39 is 0 Å². The van der Waals surface area contributed by atoms with Crippen molar-refractivity contribution in [1.82, 2.24) is 19.4 Å². The molecular formula is C22H32N4O. The van der Waals surface area contributed by atoms with Gasteiger partial charge in [-0.1, -0.05) is 6.92 Å². The number of hydrogen-bond acceptors (Lipinski definition) is 3. The molecule has 5 heteroatoms. The Balaban J connectivity index is 1.36. The number of aromatic nitrogens is 2. The van der Waals surface area contributed by atoms with E-state index in [1.807, 2.05) is 6.33 Å². The van der Waals surface area contributed by atoms with E-state index in [2.05, 4.69) is 52.3 Å². The summed E-state index contributed by atoms with van der Waals surface area (Å²) in [5, 5.41) is 0. The van der Waals surface area contributed by atoms with Gasteiger partial charge in [0.1, 0.15) is 0 Å². The van der Waals surface area contributed by atoms with Gasteiger partial charge in [-0.05, 0) is 68.7 Å². The number of carbonyl (C=O) groups excluding carboxylic acids is 1. The predicted molar refractivity (Wildman–Crippen MR) is 108 cm³/mol. The first-order valence-corrected chi connectivity index (χ1v) is 10.4. The molecule has 0 radical (unpaired) electrons. The summed E-state index contributed by atoms with van der Waals surface area (Å²) in [6.07, 6.45) is 6.34. The van der Waals surface area contributed by atoms with Crippen molar-refractivity contribution in [2.24, 2.45) is 11.8 Å². The summed E-state index contributed by atoms with van der Waals surface area (Å²) < 4.78 is 2.25. The highest BCUT2D eigenvalue weighted by Gasteiger charge is 2.30. The molecule has 1 aromatic carbocycles. The summed E-state index contributed by atoms with van der Waals surface area (Å²) in [6, 6.07) is 4.41. The fraction of sp³-hybridized carbons (Fsp3) is 0.636. The fourth-order valence-electron chi connectivity index (χ4n) is 4.61. The minimum atomic E-state index is 0.218. The van der Waals surface area contributed by atoms with Gasteiger partial charge in [0, 0.05) is 32.1 Å². The fourth-order valence-corrected chi connectivity index (χ4v) is 4.61. The summed E-state index contributed by atoms with van der Waals surface area (Å²) in [5.74, 6) is 1.28. The van der Waals surface area contributed by atoms with E-state index >= 15 is 0 Å². The third kappa shape index (κ3) is 3.88. The number of amides is 1. The van der Waals surface area contributed by atoms with Gasteiger partial charge in [-0.15, -0.1) is 0 Å². The van der Waals surface area contributed by atoms with E-state index in [9.17, 15) is 4.79 Å². The minimum absolute atomic E-state index is 0.218. The van der Waals surface area contributed by atoms with Crippen LogP contribution in [0, 0.1) is 25.7 Å². The van der Waals surface area contributed by atoms with Gasteiger partial charge in [0.2, 0.25) is 5.91 Å². The zero-order valence-corrected chi connectivity index (χ0v) is 16.9. The van der Waals surface area contributed by atoms with Crippen LogP contribution in [0.5, 0.6) is 0 Å². The summed E-state index contributed by atoms with van der Waals surface area (Å²) in [4.78, 5) is 22.0. The lowest BCUT2D eigenvalue weighted by atomic mass is 9.93. The Kier molecular flexibility index (Phi) is 5.22. The highest BCUT2D eigenvalue weighted by molar-refractivity contribution is 5.79. The zero-order valence-electron chi connectivity index (χ0n) is 16.9. The Bertz CT molecular complexity index is 819. The summed E-state index contributed by atoms with van der Waals surface area (Å²) in [5.41, 5.74) is 4.88. The third-order valence-corrected chi connectivity index (χ3v) is 6.49. The first-order valence-electron chi connectivity index (χ1n) is 10.4. The number of hydrogen-bond donors (Lipinski definition) is 0. The van der Waals surface area contributed by atoms with Crippen LogP contribution in [0.4, 0.5) is 0 Å². The second-order valence-electron chi connectivity index (χ2n) is 8.70. The van der Waals surface area contributed by atoms with Crippen LogP contribution >= 0.6 is 0 Å². The van der Waals surface area contributed by atoms with Crippen LogP contribution in [0.25, 0.3) is 11.0 Å². The molecule has 0 N–H and O–H groups in total. The molecule has 0 aliphatic carbocycles. The standard InChI is InChI=1S/C22H32N4O/c1-16-5-4-8-25(13-16)22(27)19-6-9-24(10-7-19)15-26-14-23-20-11-17(2)18(3)12-21(20)26/h11-12,14,16,19H,4-10,13,15H2,1-3H3. The molecule has 0 spiro atoms. The molecule has 0 bridgehead atoms. The van der Waals surface area contributed by atoms with Gasteiger partial charge >= 0.3 is 0 Å². The van der Waals surface area contributed by atoms with E-state index in [4.69, 9.17) is 0 Å². The maximum absolute atomic E-state index is 12.9. The molecule has 146 valence electrons. The van der Waals surface area contributed by atoms with Crippen LogP contribution in [0.2, 0.25) is 0 Å². The van der Waals surface area contributed by atoms with Gasteiger partial charge in [-0.2, -0.15) is 0 Å². The predicted octanol–water partition coefficient (Wildman–Crippen LogP) is 3.58. The number of likely N-dealkylation sites (tertiary alicyclic amines) is 2. The topological polar surface area (TPSA) is 41.4 Å². The van der Waals surface area contributed by atoms with E-state index in [-0.39, 0.29) is 5.92 Å². The lowest BCUT2D eigenvalue weighted by molar-refractivity contribution is -0.139. The van der Waals surface area contributed by atoms with Gasteiger partial charge in [0.25, 0.3) is 0 Å². The Morgan fingerprint density at radius 3 is 2.59 bits per heavy atom. The number of rotatable bonds is 3. The van der Waals surface area contributed by atoms with Crippen molar-refractivity contribution >= 4 is 16.9 Å². The monoisotopic (exact) mass is 368 g/mol. The molecule has 5 nitrogen and oxygen atoms in total. The average Bonchev–Trinajstić information content (AvgIpc) is 3.04. The molecule has 2 fully saturated rings. The second-order valence-corrected chi connectivity index (χ2v) is 8.70. The average molecular weight is 369 g/mol. The maximum Gasteiger partial charge on any atom is 0.225 e. The van der Waals surface area contributed by atoms with Crippen LogP contribution in [0.1, 0.15) is 43.7 Å². The lowest BCUT2D eigenvalue weighted by Gasteiger charge is -2.37. The van der Waals surface area contributed by atoms with E-state index in [1.54, 1.807) is 0 Å². The third-order valence-electron chi connectivity index (χ3n) is 6.49. The van der Waals surface area contributed by atoms with Crippen LogP contribution < -0.4 is 0 Å². The number of carbonyl (C=O) groups is 1. The maximum atomic E-state index is 12.9. The zero-order chi connectivity index (χ0) is 19.0. The lowest BCUT2D eigenvalue weighted by Crippen LogP contribution is -2.46. The smallest absolute Gasteiger partial charge is 0.225 e. The molecule has 27 heavy (non-hydrogen) atoms. The van der Waals surface area contributed by atoms with Crippen molar-refractivity contribution < 1.29 is 4.79 Å².